The van der Waals surface area contributed by atoms with Gasteiger partial charge in [0.05, 0.1) is 0 Å². The van der Waals surface area contributed by atoms with Gasteiger partial charge in [-0.2, -0.15) is 0 Å². The summed E-state index contributed by atoms with van der Waals surface area (Å²) in [6.07, 6.45) is 5.35. The lowest BCUT2D eigenvalue weighted by molar-refractivity contribution is 0.0607. The maximum absolute atomic E-state index is 12.8. The van der Waals surface area contributed by atoms with Crippen LogP contribution in [-0.4, -0.2) is 65.3 Å². The van der Waals surface area contributed by atoms with Gasteiger partial charge in [-0.25, -0.2) is 0 Å². The lowest BCUT2D eigenvalue weighted by atomic mass is 10.0. The Kier molecular flexibility index (Phi) is 7.59. The van der Waals surface area contributed by atoms with E-state index < -0.39 is 0 Å². The molecule has 0 atom stereocenters. The molecule has 0 spiro atoms. The van der Waals surface area contributed by atoms with Gasteiger partial charge >= 0.3 is 0 Å². The molecule has 0 aliphatic carbocycles. The average molecular weight is 434 g/mol. The third-order valence-corrected chi connectivity index (χ3v) is 6.78. The minimum Gasteiger partial charge on any atom is -0.339 e. The van der Waals surface area contributed by atoms with Crippen molar-refractivity contribution in [2.75, 3.05) is 32.7 Å². The first-order valence-corrected chi connectivity index (χ1v) is 12.1. The van der Waals surface area contributed by atoms with Crippen LogP contribution in [-0.2, 0) is 6.54 Å². The van der Waals surface area contributed by atoms with E-state index in [1.807, 2.05) is 52.3 Å². The summed E-state index contributed by atoms with van der Waals surface area (Å²) in [7, 11) is 0. The van der Waals surface area contributed by atoms with Crippen molar-refractivity contribution in [3.63, 3.8) is 0 Å². The molecule has 2 aromatic carbocycles. The first-order chi connectivity index (χ1) is 15.7. The molecular formula is C27H35N3O2. The van der Waals surface area contributed by atoms with Crippen LogP contribution in [0, 0.1) is 0 Å². The summed E-state index contributed by atoms with van der Waals surface area (Å²) in [5, 5.41) is 0. The number of piperidine rings is 1. The highest BCUT2D eigenvalue weighted by atomic mass is 16.2. The minimum atomic E-state index is 0.143. The minimum absolute atomic E-state index is 0.143. The van der Waals surface area contributed by atoms with Gasteiger partial charge in [-0.3, -0.25) is 14.5 Å². The topological polar surface area (TPSA) is 43.9 Å². The Morgan fingerprint density at radius 3 is 1.97 bits per heavy atom. The number of rotatable bonds is 7. The quantitative estimate of drug-likeness (QED) is 0.648. The van der Waals surface area contributed by atoms with Gasteiger partial charge in [-0.05, 0) is 68.5 Å². The summed E-state index contributed by atoms with van der Waals surface area (Å²) in [4.78, 5) is 31.9. The highest BCUT2D eigenvalue weighted by Crippen LogP contribution is 2.22. The number of nitrogens with zero attached hydrogens (tertiary/aromatic N) is 3. The molecule has 2 amide bonds. The fourth-order valence-electron chi connectivity index (χ4n) is 4.97. The summed E-state index contributed by atoms with van der Waals surface area (Å²) < 4.78 is 0. The van der Waals surface area contributed by atoms with Gasteiger partial charge in [0.2, 0.25) is 0 Å². The van der Waals surface area contributed by atoms with Gasteiger partial charge in [0.1, 0.15) is 0 Å². The zero-order chi connectivity index (χ0) is 22.3. The van der Waals surface area contributed by atoms with Gasteiger partial charge in [0, 0.05) is 49.9 Å². The predicted molar refractivity (Wildman–Crippen MR) is 128 cm³/mol. The number of carbonyl (C=O) groups is 2. The number of amides is 2. The third kappa shape index (κ3) is 5.39. The molecule has 170 valence electrons. The van der Waals surface area contributed by atoms with Gasteiger partial charge in [-0.1, -0.05) is 37.3 Å². The average Bonchev–Trinajstić information content (AvgIpc) is 3.39. The van der Waals surface area contributed by atoms with Crippen LogP contribution < -0.4 is 0 Å². The van der Waals surface area contributed by atoms with Crippen LogP contribution in [0.2, 0.25) is 0 Å². The van der Waals surface area contributed by atoms with E-state index in [2.05, 4.69) is 24.0 Å². The highest BCUT2D eigenvalue weighted by molar-refractivity contribution is 5.94. The summed E-state index contributed by atoms with van der Waals surface area (Å²) in [6.45, 7) is 7.55. The molecule has 2 aliphatic heterocycles. The number of likely N-dealkylation sites (tertiary alicyclic amines) is 2. The number of hydrogen-bond acceptors (Lipinski definition) is 3. The molecule has 0 aromatic heterocycles. The van der Waals surface area contributed by atoms with E-state index >= 15 is 0 Å². The molecule has 2 fully saturated rings. The third-order valence-electron chi connectivity index (χ3n) is 6.78. The summed E-state index contributed by atoms with van der Waals surface area (Å²) in [5.41, 5.74) is 2.82. The SMILES string of the molecule is CCCN(Cc1ccc(C(=O)N2CCCC2)cc1)C1CCN(C(=O)c2ccccc2)CC1. The van der Waals surface area contributed by atoms with E-state index in [0.717, 1.165) is 82.5 Å². The largest absolute Gasteiger partial charge is 0.339 e. The Labute approximate surface area is 192 Å². The first-order valence-electron chi connectivity index (χ1n) is 12.1. The smallest absolute Gasteiger partial charge is 0.253 e. The lowest BCUT2D eigenvalue weighted by Crippen LogP contribution is -2.46. The molecule has 32 heavy (non-hydrogen) atoms. The van der Waals surface area contributed by atoms with Crippen molar-refractivity contribution in [3.05, 3.63) is 71.3 Å². The second kappa shape index (κ2) is 10.8. The van der Waals surface area contributed by atoms with Gasteiger partial charge in [0.15, 0.2) is 0 Å². The molecule has 4 rings (SSSR count). The van der Waals surface area contributed by atoms with Crippen LogP contribution in [0.25, 0.3) is 0 Å². The van der Waals surface area contributed by atoms with Gasteiger partial charge < -0.3 is 9.80 Å². The maximum Gasteiger partial charge on any atom is 0.253 e. The monoisotopic (exact) mass is 433 g/mol. The van der Waals surface area contributed by atoms with E-state index in [1.54, 1.807) is 0 Å². The van der Waals surface area contributed by atoms with Crippen molar-refractivity contribution >= 4 is 11.8 Å². The zero-order valence-corrected chi connectivity index (χ0v) is 19.2. The van der Waals surface area contributed by atoms with Crippen LogP contribution in [0.4, 0.5) is 0 Å². The van der Waals surface area contributed by atoms with Crippen LogP contribution >= 0.6 is 0 Å². The fourth-order valence-corrected chi connectivity index (χ4v) is 4.97. The summed E-state index contributed by atoms with van der Waals surface area (Å²) in [6, 6.07) is 18.3. The molecule has 0 bridgehead atoms. The van der Waals surface area contributed by atoms with Crippen LogP contribution in [0.15, 0.2) is 54.6 Å². The maximum atomic E-state index is 12.8. The Bertz CT molecular complexity index is 883. The standard InChI is InChI=1S/C27H35N3O2/c1-2-16-30(21-22-10-12-24(13-11-22)27(32)28-17-6-7-18-28)25-14-19-29(20-15-25)26(31)23-8-4-3-5-9-23/h3-5,8-13,25H,2,6-7,14-21H2,1H3. The van der Waals surface area contributed by atoms with Crippen molar-refractivity contribution in [3.8, 4) is 0 Å². The molecule has 0 unspecified atom stereocenters. The Morgan fingerprint density at radius 2 is 1.38 bits per heavy atom. The van der Waals surface area contributed by atoms with E-state index in [0.29, 0.717) is 6.04 Å². The molecule has 5 nitrogen and oxygen atoms in total. The van der Waals surface area contributed by atoms with E-state index in [4.69, 9.17) is 0 Å². The molecule has 2 heterocycles. The molecule has 5 heteroatoms. The molecular weight excluding hydrogens is 398 g/mol. The van der Waals surface area contributed by atoms with Crippen molar-refractivity contribution < 1.29 is 9.59 Å². The van der Waals surface area contributed by atoms with Crippen molar-refractivity contribution in [1.29, 1.82) is 0 Å². The van der Waals surface area contributed by atoms with Crippen molar-refractivity contribution in [2.24, 2.45) is 0 Å². The van der Waals surface area contributed by atoms with Crippen LogP contribution in [0.5, 0.6) is 0 Å². The lowest BCUT2D eigenvalue weighted by Gasteiger charge is -2.38. The Balaban J connectivity index is 1.34. The highest BCUT2D eigenvalue weighted by Gasteiger charge is 2.27. The zero-order valence-electron chi connectivity index (χ0n) is 19.2. The van der Waals surface area contributed by atoms with E-state index in [1.165, 1.54) is 5.56 Å². The van der Waals surface area contributed by atoms with Crippen molar-refractivity contribution in [2.45, 2.75) is 51.6 Å². The Morgan fingerprint density at radius 1 is 0.812 bits per heavy atom. The number of benzene rings is 2. The molecule has 2 aromatic rings. The van der Waals surface area contributed by atoms with Crippen LogP contribution in [0.1, 0.15) is 65.3 Å². The number of hydrogen-bond donors (Lipinski definition) is 0. The van der Waals surface area contributed by atoms with Crippen molar-refractivity contribution in [1.82, 2.24) is 14.7 Å². The summed E-state index contributed by atoms with van der Waals surface area (Å²) >= 11 is 0. The van der Waals surface area contributed by atoms with Crippen LogP contribution in [0.3, 0.4) is 0 Å². The second-order valence-electron chi connectivity index (χ2n) is 9.06. The van der Waals surface area contributed by atoms with Gasteiger partial charge in [-0.15, -0.1) is 0 Å². The molecule has 0 N–H and O–H groups in total. The van der Waals surface area contributed by atoms with E-state index in [9.17, 15) is 9.59 Å². The van der Waals surface area contributed by atoms with Gasteiger partial charge in [0.25, 0.3) is 11.8 Å². The Hall–Kier alpha value is -2.66. The molecule has 0 saturated carbocycles. The summed E-state index contributed by atoms with van der Waals surface area (Å²) in [5.74, 6) is 0.305. The fraction of sp³-hybridized carbons (Fsp3) is 0.481. The molecule has 0 radical (unpaired) electrons. The normalized spacial score (nSPS) is 17.2. The predicted octanol–water partition coefficient (Wildman–Crippen LogP) is 4.44. The molecule has 2 aliphatic rings. The first kappa shape index (κ1) is 22.5. The second-order valence-corrected chi connectivity index (χ2v) is 9.06. The number of carbonyl (C=O) groups excluding carboxylic acids is 2. The van der Waals surface area contributed by atoms with E-state index in [-0.39, 0.29) is 11.8 Å². The molecule has 2 saturated heterocycles.